The summed E-state index contributed by atoms with van der Waals surface area (Å²) >= 11 is 0. The minimum atomic E-state index is -3.91. The van der Waals surface area contributed by atoms with Gasteiger partial charge in [0.1, 0.15) is 11.1 Å². The fraction of sp³-hybridized carbons (Fsp3) is 0.0526. The molecule has 0 fully saturated rings. The van der Waals surface area contributed by atoms with Gasteiger partial charge in [-0.05, 0) is 36.4 Å². The number of nitrogens with one attached hydrogen (secondary N) is 3. The summed E-state index contributed by atoms with van der Waals surface area (Å²) in [5.74, 6) is -2.81. The molecule has 10 heteroatoms. The van der Waals surface area contributed by atoms with Crippen molar-refractivity contribution in [1.29, 1.82) is 0 Å². The third-order valence-electron chi connectivity index (χ3n) is 4.30. The molecule has 0 spiro atoms. The smallest absolute Gasteiger partial charge is 0.255 e. The van der Waals surface area contributed by atoms with Crippen LogP contribution in [-0.2, 0) is 10.0 Å². The highest BCUT2D eigenvalue weighted by atomic mass is 32.2. The number of fused-ring (bicyclic) bond motifs is 1. The van der Waals surface area contributed by atoms with Gasteiger partial charge in [-0.3, -0.25) is 9.78 Å². The molecule has 2 aromatic carbocycles. The summed E-state index contributed by atoms with van der Waals surface area (Å²) in [4.78, 5) is 16.3. The van der Waals surface area contributed by atoms with Gasteiger partial charge in [-0.15, -0.1) is 0 Å². The third-order valence-corrected chi connectivity index (χ3v) is 5.76. The molecule has 1 aliphatic rings. The number of aromatic nitrogens is 1. The maximum absolute atomic E-state index is 13.3. The van der Waals surface area contributed by atoms with Gasteiger partial charge in [0.05, 0.1) is 5.69 Å². The molecular weight excluding hydrogens is 402 g/mol. The van der Waals surface area contributed by atoms with Crippen molar-refractivity contribution in [2.24, 2.45) is 0 Å². The van der Waals surface area contributed by atoms with Crippen LogP contribution in [0.1, 0.15) is 22.1 Å². The highest BCUT2D eigenvalue weighted by molar-refractivity contribution is 7.89. The number of hydrogen-bond acceptors (Lipinski definition) is 5. The first-order chi connectivity index (χ1) is 13.8. The molecule has 148 valence electrons. The van der Waals surface area contributed by atoms with Crippen LogP contribution in [0.2, 0.25) is 0 Å². The predicted molar refractivity (Wildman–Crippen MR) is 102 cm³/mol. The lowest BCUT2D eigenvalue weighted by Crippen LogP contribution is -2.38. The van der Waals surface area contributed by atoms with Crippen molar-refractivity contribution in [1.82, 2.24) is 9.71 Å². The summed E-state index contributed by atoms with van der Waals surface area (Å²) in [6, 6.07) is 10.4. The highest BCUT2D eigenvalue weighted by Gasteiger charge is 2.31. The van der Waals surface area contributed by atoms with E-state index in [2.05, 4.69) is 20.3 Å². The van der Waals surface area contributed by atoms with E-state index >= 15 is 0 Å². The molecule has 0 radical (unpaired) electrons. The van der Waals surface area contributed by atoms with Gasteiger partial charge in [-0.1, -0.05) is 6.07 Å². The summed E-state index contributed by atoms with van der Waals surface area (Å²) in [6.45, 7) is 0. The molecule has 29 heavy (non-hydrogen) atoms. The van der Waals surface area contributed by atoms with Crippen LogP contribution in [0.25, 0.3) is 0 Å². The molecule has 2 heterocycles. The molecule has 1 amide bonds. The number of amides is 1. The van der Waals surface area contributed by atoms with Crippen LogP contribution in [0.15, 0.2) is 65.8 Å². The van der Waals surface area contributed by atoms with E-state index in [4.69, 9.17) is 0 Å². The Kier molecular flexibility index (Phi) is 4.73. The largest absolute Gasteiger partial charge is 0.364 e. The van der Waals surface area contributed by atoms with E-state index in [0.717, 1.165) is 12.1 Å². The second-order valence-corrected chi connectivity index (χ2v) is 7.96. The van der Waals surface area contributed by atoms with Crippen molar-refractivity contribution in [3.8, 4) is 0 Å². The van der Waals surface area contributed by atoms with Crippen molar-refractivity contribution in [3.05, 3.63) is 83.7 Å². The van der Waals surface area contributed by atoms with Gasteiger partial charge in [0.25, 0.3) is 5.91 Å². The lowest BCUT2D eigenvalue weighted by atomic mass is 10.1. The minimum Gasteiger partial charge on any atom is -0.364 e. The molecule has 7 nitrogen and oxygen atoms in total. The van der Waals surface area contributed by atoms with Crippen molar-refractivity contribution in [2.45, 2.75) is 11.1 Å². The van der Waals surface area contributed by atoms with Gasteiger partial charge in [0.15, 0.2) is 11.6 Å². The van der Waals surface area contributed by atoms with Crippen LogP contribution in [0.3, 0.4) is 0 Å². The molecule has 3 aromatic rings. The highest BCUT2D eigenvalue weighted by Crippen LogP contribution is 2.31. The number of anilines is 2. The monoisotopic (exact) mass is 416 g/mol. The third kappa shape index (κ3) is 3.80. The van der Waals surface area contributed by atoms with Gasteiger partial charge in [0, 0.05) is 35.3 Å². The Morgan fingerprint density at radius 1 is 1.07 bits per heavy atom. The fourth-order valence-electron chi connectivity index (χ4n) is 2.88. The number of carbonyl (C=O) groups excluding carboxylic acids is 1. The normalized spacial score (nSPS) is 17.1. The molecule has 0 saturated heterocycles. The number of carbonyl (C=O) groups is 1. The van der Waals surface area contributed by atoms with Gasteiger partial charge < -0.3 is 10.6 Å². The first-order valence-corrected chi connectivity index (χ1v) is 9.91. The summed E-state index contributed by atoms with van der Waals surface area (Å²) in [5.41, 5.74) is 1.03. The molecule has 1 aliphatic heterocycles. The van der Waals surface area contributed by atoms with Crippen LogP contribution in [0, 0.1) is 11.6 Å². The van der Waals surface area contributed by atoms with Crippen LogP contribution < -0.4 is 15.4 Å². The zero-order valence-corrected chi connectivity index (χ0v) is 15.5. The minimum absolute atomic E-state index is 0.0421. The SMILES string of the molecule is O=C(Nc1ccc(F)c(F)c1)c1ccc2c(c1)S(=O)(=O)NC(c1cccnc1)N2. The van der Waals surface area contributed by atoms with E-state index in [1.165, 1.54) is 30.5 Å². The Bertz CT molecular complexity index is 1200. The number of halogens is 2. The van der Waals surface area contributed by atoms with E-state index in [0.29, 0.717) is 11.3 Å². The summed E-state index contributed by atoms with van der Waals surface area (Å²) in [5, 5.41) is 5.45. The molecule has 1 aromatic heterocycles. The molecule has 1 atom stereocenters. The first kappa shape index (κ1) is 19.0. The van der Waals surface area contributed by atoms with E-state index in [1.54, 1.807) is 18.3 Å². The molecule has 0 bridgehead atoms. The topological polar surface area (TPSA) is 100 Å². The molecule has 0 aliphatic carbocycles. The van der Waals surface area contributed by atoms with Crippen LogP contribution in [0.4, 0.5) is 20.2 Å². The van der Waals surface area contributed by atoms with E-state index in [1.807, 2.05) is 0 Å². The van der Waals surface area contributed by atoms with Crippen LogP contribution >= 0.6 is 0 Å². The average Bonchev–Trinajstić information content (AvgIpc) is 2.70. The number of pyridine rings is 1. The van der Waals surface area contributed by atoms with Gasteiger partial charge in [0.2, 0.25) is 10.0 Å². The number of nitrogens with zero attached hydrogens (tertiary/aromatic N) is 1. The van der Waals surface area contributed by atoms with Crippen LogP contribution in [-0.4, -0.2) is 19.3 Å². The van der Waals surface area contributed by atoms with E-state index in [9.17, 15) is 22.0 Å². The van der Waals surface area contributed by atoms with Crippen LogP contribution in [0.5, 0.6) is 0 Å². The number of sulfonamides is 1. The van der Waals surface area contributed by atoms with Crippen molar-refractivity contribution < 1.29 is 22.0 Å². The van der Waals surface area contributed by atoms with Crippen molar-refractivity contribution in [2.75, 3.05) is 10.6 Å². The fourth-order valence-corrected chi connectivity index (χ4v) is 4.21. The number of benzene rings is 2. The lowest BCUT2D eigenvalue weighted by Gasteiger charge is -2.28. The molecule has 1 unspecified atom stereocenters. The summed E-state index contributed by atoms with van der Waals surface area (Å²) in [7, 11) is -3.91. The maximum atomic E-state index is 13.3. The predicted octanol–water partition coefficient (Wildman–Crippen LogP) is 3.01. The summed E-state index contributed by atoms with van der Waals surface area (Å²) in [6.07, 6.45) is 2.41. The van der Waals surface area contributed by atoms with Crippen molar-refractivity contribution in [3.63, 3.8) is 0 Å². The Morgan fingerprint density at radius 3 is 2.62 bits per heavy atom. The second-order valence-electron chi connectivity index (χ2n) is 6.28. The van der Waals surface area contributed by atoms with E-state index in [-0.39, 0.29) is 16.1 Å². The quantitative estimate of drug-likeness (QED) is 0.610. The van der Waals surface area contributed by atoms with Gasteiger partial charge in [-0.25, -0.2) is 17.2 Å². The Morgan fingerprint density at radius 2 is 1.90 bits per heavy atom. The zero-order chi connectivity index (χ0) is 20.6. The Balaban J connectivity index is 1.61. The van der Waals surface area contributed by atoms with Gasteiger partial charge >= 0.3 is 0 Å². The lowest BCUT2D eigenvalue weighted by molar-refractivity contribution is 0.102. The Hall–Kier alpha value is -3.37. The van der Waals surface area contributed by atoms with Gasteiger partial charge in [-0.2, -0.15) is 4.72 Å². The average molecular weight is 416 g/mol. The molecule has 4 rings (SSSR count). The second kappa shape index (κ2) is 7.22. The first-order valence-electron chi connectivity index (χ1n) is 8.43. The standard InChI is InChI=1S/C19H14F2N4O3S/c20-14-5-4-13(9-15(14)21)23-19(26)11-3-6-16-17(8-11)29(27,28)25-18(24-16)12-2-1-7-22-10-12/h1-10,18,24-25H,(H,23,26). The number of rotatable bonds is 3. The molecule has 3 N–H and O–H groups in total. The number of hydrogen-bond donors (Lipinski definition) is 3. The Labute approximate surface area is 164 Å². The maximum Gasteiger partial charge on any atom is 0.255 e. The van der Waals surface area contributed by atoms with E-state index < -0.39 is 33.7 Å². The van der Waals surface area contributed by atoms with Crippen molar-refractivity contribution >= 4 is 27.3 Å². The molecule has 0 saturated carbocycles. The zero-order valence-electron chi connectivity index (χ0n) is 14.7. The molecular formula is C19H14F2N4O3S. The summed E-state index contributed by atoms with van der Waals surface area (Å²) < 4.78 is 54.2.